The first kappa shape index (κ1) is 11.4. The molecule has 1 aliphatic heterocycles. The number of nitrogens with two attached hydrogens (primary N) is 1. The number of rotatable bonds is 2. The van der Waals surface area contributed by atoms with Gasteiger partial charge in [0, 0.05) is 17.1 Å². The predicted octanol–water partition coefficient (Wildman–Crippen LogP) is 2.68. The quantitative estimate of drug-likeness (QED) is 0.870. The van der Waals surface area contributed by atoms with Crippen molar-refractivity contribution in [2.75, 3.05) is 5.32 Å². The molecule has 3 N–H and O–H groups in total. The molecule has 0 fully saturated rings. The summed E-state index contributed by atoms with van der Waals surface area (Å²) in [7, 11) is 0. The highest BCUT2D eigenvalue weighted by Crippen LogP contribution is 2.35. The van der Waals surface area contributed by atoms with E-state index < -0.39 is 0 Å². The first-order chi connectivity index (χ1) is 8.69. The first-order valence-electron chi connectivity index (χ1n) is 5.89. The molecule has 1 amide bonds. The maximum absolute atomic E-state index is 11.4. The van der Waals surface area contributed by atoms with Crippen LogP contribution >= 0.6 is 11.3 Å². The lowest BCUT2D eigenvalue weighted by atomic mass is 9.99. The van der Waals surface area contributed by atoms with E-state index in [0.29, 0.717) is 13.0 Å². The van der Waals surface area contributed by atoms with E-state index in [9.17, 15) is 4.79 Å². The highest BCUT2D eigenvalue weighted by molar-refractivity contribution is 7.10. The zero-order valence-corrected chi connectivity index (χ0v) is 10.9. The van der Waals surface area contributed by atoms with E-state index in [1.165, 1.54) is 16.0 Å². The summed E-state index contributed by atoms with van der Waals surface area (Å²) in [6.45, 7) is 2.66. The third-order valence-electron chi connectivity index (χ3n) is 3.29. The number of carbonyl (C=O) groups is 1. The van der Waals surface area contributed by atoms with Crippen LogP contribution in [0, 0.1) is 6.92 Å². The third kappa shape index (κ3) is 1.74. The summed E-state index contributed by atoms with van der Waals surface area (Å²) in [4.78, 5) is 12.6. The van der Waals surface area contributed by atoms with Crippen molar-refractivity contribution in [1.82, 2.24) is 0 Å². The molecule has 3 rings (SSSR count). The van der Waals surface area contributed by atoms with Crippen molar-refractivity contribution in [3.63, 3.8) is 0 Å². The third-order valence-corrected chi connectivity index (χ3v) is 4.25. The van der Waals surface area contributed by atoms with Crippen LogP contribution in [0.3, 0.4) is 0 Å². The molecule has 0 spiro atoms. The fourth-order valence-corrected chi connectivity index (χ4v) is 3.33. The SMILES string of the molecule is Cc1scc(CN)c1-c1ccc2c(c1)CC(=O)N2. The van der Waals surface area contributed by atoms with Crippen molar-refractivity contribution in [2.24, 2.45) is 5.73 Å². The number of nitrogens with one attached hydrogen (secondary N) is 1. The van der Waals surface area contributed by atoms with Crippen LogP contribution in [-0.2, 0) is 17.8 Å². The molecule has 18 heavy (non-hydrogen) atoms. The number of amides is 1. The maximum Gasteiger partial charge on any atom is 0.228 e. The van der Waals surface area contributed by atoms with Crippen LogP contribution in [0.4, 0.5) is 5.69 Å². The summed E-state index contributed by atoms with van der Waals surface area (Å²) in [5.41, 5.74) is 11.3. The molecule has 0 bridgehead atoms. The fraction of sp³-hybridized carbons (Fsp3) is 0.214. The van der Waals surface area contributed by atoms with E-state index in [2.05, 4.69) is 29.8 Å². The number of hydrogen-bond donors (Lipinski definition) is 2. The molecule has 0 atom stereocenters. The number of anilines is 1. The van der Waals surface area contributed by atoms with Gasteiger partial charge in [0.15, 0.2) is 0 Å². The molecule has 0 saturated heterocycles. The Morgan fingerprint density at radius 3 is 3.06 bits per heavy atom. The smallest absolute Gasteiger partial charge is 0.228 e. The van der Waals surface area contributed by atoms with Gasteiger partial charge in [0.05, 0.1) is 6.42 Å². The fourth-order valence-electron chi connectivity index (χ4n) is 2.43. The molecule has 2 aromatic rings. The molecule has 0 radical (unpaired) electrons. The lowest BCUT2D eigenvalue weighted by Crippen LogP contribution is -2.03. The average molecular weight is 258 g/mol. The Hall–Kier alpha value is -1.65. The van der Waals surface area contributed by atoms with Gasteiger partial charge in [-0.25, -0.2) is 0 Å². The molecule has 4 heteroatoms. The second-order valence-corrected chi connectivity index (χ2v) is 5.58. The highest BCUT2D eigenvalue weighted by Gasteiger charge is 2.19. The summed E-state index contributed by atoms with van der Waals surface area (Å²) >= 11 is 1.72. The monoisotopic (exact) mass is 258 g/mol. The normalized spacial score (nSPS) is 13.6. The zero-order valence-electron chi connectivity index (χ0n) is 10.1. The first-order valence-corrected chi connectivity index (χ1v) is 6.77. The Morgan fingerprint density at radius 1 is 1.44 bits per heavy atom. The van der Waals surface area contributed by atoms with E-state index in [4.69, 9.17) is 5.73 Å². The molecular weight excluding hydrogens is 244 g/mol. The van der Waals surface area contributed by atoms with E-state index in [1.807, 2.05) is 6.07 Å². The lowest BCUT2D eigenvalue weighted by Gasteiger charge is -2.07. The molecular formula is C14H14N2OS. The highest BCUT2D eigenvalue weighted by atomic mass is 32.1. The Kier molecular flexibility index (Phi) is 2.69. The number of benzene rings is 1. The second kappa shape index (κ2) is 4.23. The van der Waals surface area contributed by atoms with Gasteiger partial charge in [-0.2, -0.15) is 0 Å². The second-order valence-electron chi connectivity index (χ2n) is 4.49. The minimum Gasteiger partial charge on any atom is -0.326 e. The Morgan fingerprint density at radius 2 is 2.28 bits per heavy atom. The van der Waals surface area contributed by atoms with Gasteiger partial charge in [0.2, 0.25) is 5.91 Å². The van der Waals surface area contributed by atoms with Crippen molar-refractivity contribution in [2.45, 2.75) is 19.9 Å². The molecule has 1 aromatic carbocycles. The van der Waals surface area contributed by atoms with Gasteiger partial charge in [-0.05, 0) is 46.7 Å². The van der Waals surface area contributed by atoms with Crippen LogP contribution in [-0.4, -0.2) is 5.91 Å². The largest absolute Gasteiger partial charge is 0.326 e. The van der Waals surface area contributed by atoms with Gasteiger partial charge in [-0.15, -0.1) is 11.3 Å². The number of thiophene rings is 1. The van der Waals surface area contributed by atoms with Crippen LogP contribution in [0.1, 0.15) is 16.0 Å². The van der Waals surface area contributed by atoms with Crippen LogP contribution in [0.2, 0.25) is 0 Å². The molecule has 3 nitrogen and oxygen atoms in total. The van der Waals surface area contributed by atoms with E-state index in [-0.39, 0.29) is 5.91 Å². The maximum atomic E-state index is 11.4. The van der Waals surface area contributed by atoms with Crippen molar-refractivity contribution in [3.8, 4) is 11.1 Å². The minimum absolute atomic E-state index is 0.0724. The summed E-state index contributed by atoms with van der Waals surface area (Å²) < 4.78 is 0. The van der Waals surface area contributed by atoms with Gasteiger partial charge in [0.1, 0.15) is 0 Å². The topological polar surface area (TPSA) is 55.1 Å². The van der Waals surface area contributed by atoms with Gasteiger partial charge in [0.25, 0.3) is 0 Å². The van der Waals surface area contributed by atoms with Gasteiger partial charge >= 0.3 is 0 Å². The van der Waals surface area contributed by atoms with Crippen molar-refractivity contribution in [3.05, 3.63) is 39.6 Å². The van der Waals surface area contributed by atoms with E-state index in [0.717, 1.165) is 16.8 Å². The molecule has 1 aliphatic rings. The number of fused-ring (bicyclic) bond motifs is 1. The average Bonchev–Trinajstić information content (AvgIpc) is 2.89. The number of carbonyl (C=O) groups excluding carboxylic acids is 1. The number of hydrogen-bond acceptors (Lipinski definition) is 3. The summed E-state index contributed by atoms with van der Waals surface area (Å²) in [6, 6.07) is 6.13. The summed E-state index contributed by atoms with van der Waals surface area (Å²) in [5, 5.41) is 4.96. The summed E-state index contributed by atoms with van der Waals surface area (Å²) in [5.74, 6) is 0.0724. The molecule has 92 valence electrons. The van der Waals surface area contributed by atoms with Crippen LogP contribution in [0.25, 0.3) is 11.1 Å². The molecule has 0 saturated carbocycles. The van der Waals surface area contributed by atoms with E-state index in [1.54, 1.807) is 11.3 Å². The van der Waals surface area contributed by atoms with Gasteiger partial charge in [-0.3, -0.25) is 4.79 Å². The van der Waals surface area contributed by atoms with Crippen molar-refractivity contribution >= 4 is 22.9 Å². The molecule has 1 aromatic heterocycles. The van der Waals surface area contributed by atoms with Crippen molar-refractivity contribution < 1.29 is 4.79 Å². The lowest BCUT2D eigenvalue weighted by molar-refractivity contribution is -0.115. The van der Waals surface area contributed by atoms with Gasteiger partial charge in [-0.1, -0.05) is 6.07 Å². The van der Waals surface area contributed by atoms with Crippen molar-refractivity contribution in [1.29, 1.82) is 0 Å². The zero-order chi connectivity index (χ0) is 12.7. The molecule has 2 heterocycles. The van der Waals surface area contributed by atoms with Crippen LogP contribution < -0.4 is 11.1 Å². The Bertz CT molecular complexity index is 631. The Labute approximate surface area is 110 Å². The molecule has 0 aliphatic carbocycles. The van der Waals surface area contributed by atoms with E-state index >= 15 is 0 Å². The molecule has 0 unspecified atom stereocenters. The van der Waals surface area contributed by atoms with Crippen LogP contribution in [0.15, 0.2) is 23.6 Å². The summed E-state index contributed by atoms with van der Waals surface area (Å²) in [6.07, 6.45) is 0.477. The minimum atomic E-state index is 0.0724. The Balaban J connectivity index is 2.11. The van der Waals surface area contributed by atoms with Gasteiger partial charge < -0.3 is 11.1 Å². The predicted molar refractivity (Wildman–Crippen MR) is 74.7 cm³/mol. The standard InChI is InChI=1S/C14H14N2OS/c1-8-14(11(6-15)7-18-8)9-2-3-12-10(4-9)5-13(17)16-12/h2-4,7H,5-6,15H2,1H3,(H,16,17). The number of aryl methyl sites for hydroxylation is 1. The van der Waals surface area contributed by atoms with Crippen LogP contribution in [0.5, 0.6) is 0 Å².